The zero-order chi connectivity index (χ0) is 9.84. The van der Waals surface area contributed by atoms with Crippen LogP contribution < -0.4 is 4.90 Å². The Morgan fingerprint density at radius 3 is 2.69 bits per heavy atom. The number of hydrogen-bond acceptors (Lipinski definition) is 2. The van der Waals surface area contributed by atoms with Crippen LogP contribution in [-0.4, -0.2) is 19.1 Å². The second-order valence-corrected chi connectivity index (χ2v) is 3.24. The number of terminal acetylenes is 1. The number of aryl methyl sites for hydroxylation is 1. The number of aromatic nitrogens is 1. The molecule has 13 heavy (non-hydrogen) atoms. The molecule has 0 unspecified atom stereocenters. The highest BCUT2D eigenvalue weighted by Gasteiger charge is 2.01. The third-order valence-corrected chi connectivity index (χ3v) is 1.96. The molecule has 68 valence electrons. The molecule has 1 rings (SSSR count). The fourth-order valence-electron chi connectivity index (χ4n) is 1.11. The molecule has 0 amide bonds. The summed E-state index contributed by atoms with van der Waals surface area (Å²) in [5, 5.41) is 0. The zero-order valence-corrected chi connectivity index (χ0v) is 8.33. The van der Waals surface area contributed by atoms with Crippen LogP contribution in [0, 0.1) is 19.3 Å². The minimum atomic E-state index is 0.659. The normalized spacial score (nSPS) is 9.38. The summed E-state index contributed by atoms with van der Waals surface area (Å²) < 4.78 is 0. The lowest BCUT2D eigenvalue weighted by Gasteiger charge is -2.12. The molecule has 2 heteroatoms. The first-order valence-corrected chi connectivity index (χ1v) is 4.21. The van der Waals surface area contributed by atoms with Gasteiger partial charge in [-0.25, -0.2) is 4.98 Å². The molecule has 0 fully saturated rings. The van der Waals surface area contributed by atoms with Crippen LogP contribution in [0.3, 0.4) is 0 Å². The maximum Gasteiger partial charge on any atom is 0.128 e. The van der Waals surface area contributed by atoms with E-state index in [1.165, 1.54) is 5.56 Å². The van der Waals surface area contributed by atoms with Crippen molar-refractivity contribution in [3.05, 3.63) is 23.4 Å². The Morgan fingerprint density at radius 2 is 2.23 bits per heavy atom. The van der Waals surface area contributed by atoms with E-state index in [2.05, 4.69) is 17.8 Å². The summed E-state index contributed by atoms with van der Waals surface area (Å²) >= 11 is 0. The van der Waals surface area contributed by atoms with Crippen molar-refractivity contribution >= 4 is 5.82 Å². The topological polar surface area (TPSA) is 16.1 Å². The van der Waals surface area contributed by atoms with Crippen LogP contribution in [0.2, 0.25) is 0 Å². The van der Waals surface area contributed by atoms with Crippen molar-refractivity contribution < 1.29 is 0 Å². The highest BCUT2D eigenvalue weighted by atomic mass is 15.1. The van der Waals surface area contributed by atoms with E-state index in [1.807, 2.05) is 31.3 Å². The van der Waals surface area contributed by atoms with Gasteiger partial charge in [-0.1, -0.05) is 0 Å². The molecule has 0 aromatic carbocycles. The summed E-state index contributed by atoms with van der Waals surface area (Å²) in [4.78, 5) is 6.27. The quantitative estimate of drug-likeness (QED) is 0.633. The molecule has 2 nitrogen and oxygen atoms in total. The third-order valence-electron chi connectivity index (χ3n) is 1.96. The van der Waals surface area contributed by atoms with Gasteiger partial charge in [0.05, 0.1) is 0 Å². The smallest absolute Gasteiger partial charge is 0.128 e. The SMILES string of the molecule is C#CCc1cnc(N(C)C)cc1C. The number of hydrogen-bond donors (Lipinski definition) is 0. The monoisotopic (exact) mass is 174 g/mol. The molecule has 0 saturated carbocycles. The van der Waals surface area contributed by atoms with Gasteiger partial charge in [0.15, 0.2) is 0 Å². The summed E-state index contributed by atoms with van der Waals surface area (Å²) in [5.41, 5.74) is 2.34. The summed E-state index contributed by atoms with van der Waals surface area (Å²) in [5.74, 6) is 3.59. The Labute approximate surface area is 79.6 Å². The van der Waals surface area contributed by atoms with Crippen LogP contribution in [0.1, 0.15) is 11.1 Å². The number of rotatable bonds is 2. The van der Waals surface area contributed by atoms with Crippen molar-refractivity contribution in [2.24, 2.45) is 0 Å². The van der Waals surface area contributed by atoms with Gasteiger partial charge in [-0.2, -0.15) is 0 Å². The van der Waals surface area contributed by atoms with Crippen LogP contribution in [0.4, 0.5) is 5.82 Å². The molecule has 1 heterocycles. The standard InChI is InChI=1S/C11H14N2/c1-5-6-10-8-12-11(13(3)4)7-9(10)2/h1,7-8H,6H2,2-4H3. The number of anilines is 1. The summed E-state index contributed by atoms with van der Waals surface area (Å²) in [6, 6.07) is 2.05. The van der Waals surface area contributed by atoms with E-state index >= 15 is 0 Å². The van der Waals surface area contributed by atoms with Crippen LogP contribution in [0.15, 0.2) is 12.3 Å². The van der Waals surface area contributed by atoms with Crippen molar-refractivity contribution in [3.63, 3.8) is 0 Å². The van der Waals surface area contributed by atoms with Crippen LogP contribution in [0.25, 0.3) is 0 Å². The predicted molar refractivity (Wildman–Crippen MR) is 55.8 cm³/mol. The van der Waals surface area contributed by atoms with E-state index in [9.17, 15) is 0 Å². The minimum absolute atomic E-state index is 0.659. The fraction of sp³-hybridized carbons (Fsp3) is 0.364. The molecular weight excluding hydrogens is 160 g/mol. The van der Waals surface area contributed by atoms with Gasteiger partial charge in [0.1, 0.15) is 5.82 Å². The molecule has 0 spiro atoms. The Hall–Kier alpha value is -1.49. The molecule has 0 saturated heterocycles. The predicted octanol–water partition coefficient (Wildman–Crippen LogP) is 1.63. The molecule has 1 aromatic rings. The van der Waals surface area contributed by atoms with Crippen LogP contribution in [-0.2, 0) is 6.42 Å². The molecule has 0 atom stereocenters. The van der Waals surface area contributed by atoms with Crippen molar-refractivity contribution in [2.45, 2.75) is 13.3 Å². The van der Waals surface area contributed by atoms with Gasteiger partial charge >= 0.3 is 0 Å². The van der Waals surface area contributed by atoms with E-state index in [4.69, 9.17) is 6.42 Å². The first-order valence-electron chi connectivity index (χ1n) is 4.21. The van der Waals surface area contributed by atoms with Crippen molar-refractivity contribution in [1.82, 2.24) is 4.98 Å². The molecule has 0 aliphatic rings. The summed E-state index contributed by atoms with van der Waals surface area (Å²) in [7, 11) is 3.95. The molecule has 0 radical (unpaired) electrons. The maximum atomic E-state index is 5.24. The van der Waals surface area contributed by atoms with Crippen LogP contribution >= 0.6 is 0 Å². The minimum Gasteiger partial charge on any atom is -0.363 e. The number of pyridine rings is 1. The van der Waals surface area contributed by atoms with Gasteiger partial charge in [-0.3, -0.25) is 0 Å². The van der Waals surface area contributed by atoms with E-state index < -0.39 is 0 Å². The second-order valence-electron chi connectivity index (χ2n) is 3.24. The zero-order valence-electron chi connectivity index (χ0n) is 8.33. The van der Waals surface area contributed by atoms with Crippen LogP contribution in [0.5, 0.6) is 0 Å². The Bertz CT molecular complexity index is 334. The Morgan fingerprint density at radius 1 is 1.54 bits per heavy atom. The average molecular weight is 174 g/mol. The lowest BCUT2D eigenvalue weighted by molar-refractivity contribution is 1.04. The molecule has 0 aliphatic carbocycles. The van der Waals surface area contributed by atoms with E-state index in [0.717, 1.165) is 11.4 Å². The molecule has 0 aliphatic heterocycles. The van der Waals surface area contributed by atoms with Gasteiger partial charge in [-0.05, 0) is 24.1 Å². The lowest BCUT2D eigenvalue weighted by atomic mass is 10.1. The second kappa shape index (κ2) is 3.95. The van der Waals surface area contributed by atoms with Gasteiger partial charge in [0, 0.05) is 26.7 Å². The number of nitrogens with zero attached hydrogens (tertiary/aromatic N) is 2. The van der Waals surface area contributed by atoms with E-state index in [-0.39, 0.29) is 0 Å². The first-order chi connectivity index (χ1) is 6.15. The Kier molecular flexibility index (Phi) is 2.92. The van der Waals surface area contributed by atoms with Gasteiger partial charge < -0.3 is 4.90 Å². The molecular formula is C11H14N2. The maximum absolute atomic E-state index is 5.24. The van der Waals surface area contributed by atoms with Crippen molar-refractivity contribution in [3.8, 4) is 12.3 Å². The molecule has 1 aromatic heterocycles. The highest BCUT2D eigenvalue weighted by molar-refractivity contribution is 5.42. The van der Waals surface area contributed by atoms with Crippen molar-refractivity contribution in [2.75, 3.05) is 19.0 Å². The molecule has 0 bridgehead atoms. The lowest BCUT2D eigenvalue weighted by Crippen LogP contribution is -2.11. The van der Waals surface area contributed by atoms with Gasteiger partial charge in [0.25, 0.3) is 0 Å². The van der Waals surface area contributed by atoms with Gasteiger partial charge in [-0.15, -0.1) is 12.3 Å². The largest absolute Gasteiger partial charge is 0.363 e. The fourth-order valence-corrected chi connectivity index (χ4v) is 1.11. The Balaban J connectivity index is 3.00. The average Bonchev–Trinajstić information content (AvgIpc) is 2.08. The molecule has 0 N–H and O–H groups in total. The highest BCUT2D eigenvalue weighted by Crippen LogP contribution is 2.13. The van der Waals surface area contributed by atoms with E-state index in [1.54, 1.807) is 0 Å². The third kappa shape index (κ3) is 2.22. The van der Waals surface area contributed by atoms with Crippen molar-refractivity contribution in [1.29, 1.82) is 0 Å². The summed E-state index contributed by atoms with van der Waals surface area (Å²) in [6.07, 6.45) is 7.75. The van der Waals surface area contributed by atoms with E-state index in [0.29, 0.717) is 6.42 Å². The van der Waals surface area contributed by atoms with Gasteiger partial charge in [0.2, 0.25) is 0 Å². The summed E-state index contributed by atoms with van der Waals surface area (Å²) in [6.45, 7) is 2.06. The first kappa shape index (κ1) is 9.60.